The summed E-state index contributed by atoms with van der Waals surface area (Å²) in [5.74, 6) is -0.392. The maximum absolute atomic E-state index is 11.9. The number of carbonyl (C=O) groups is 1. The predicted octanol–water partition coefficient (Wildman–Crippen LogP) is 2.27. The van der Waals surface area contributed by atoms with Crippen LogP contribution in [0, 0.1) is 6.92 Å². The lowest BCUT2D eigenvalue weighted by molar-refractivity contribution is 0.0949. The highest BCUT2D eigenvalue weighted by Crippen LogP contribution is 2.09. The fraction of sp³-hybridized carbons (Fsp3) is 0.143. The molecule has 0 saturated heterocycles. The van der Waals surface area contributed by atoms with Crippen LogP contribution in [-0.4, -0.2) is 10.9 Å². The van der Waals surface area contributed by atoms with Crippen molar-refractivity contribution in [1.82, 2.24) is 10.3 Å². The largest absolute Gasteiger partial charge is 0.364 e. The molecule has 0 aliphatic rings. The molecule has 2 aromatic rings. The summed E-state index contributed by atoms with van der Waals surface area (Å²) in [6.45, 7) is 2.11. The number of aryl methyl sites for hydroxylation is 1. The monoisotopic (exact) mass is 276 g/mol. The Bertz CT molecular complexity index is 647. The number of hydrogen-bond donors (Lipinski definition) is 2. The second kappa shape index (κ2) is 5.71. The number of halogens is 1. The first-order chi connectivity index (χ1) is 9.06. The van der Waals surface area contributed by atoms with Crippen molar-refractivity contribution in [2.45, 2.75) is 13.5 Å². The summed E-state index contributed by atoms with van der Waals surface area (Å²) in [5, 5.41) is 3.34. The number of carbonyl (C=O) groups excluding carboxylic acids is 1. The Morgan fingerprint density at radius 2 is 2.00 bits per heavy atom. The highest BCUT2D eigenvalue weighted by molar-refractivity contribution is 6.30. The molecular weight excluding hydrogens is 264 g/mol. The third kappa shape index (κ3) is 3.45. The van der Waals surface area contributed by atoms with Gasteiger partial charge in [0, 0.05) is 29.5 Å². The highest BCUT2D eigenvalue weighted by Gasteiger charge is 2.09. The Kier molecular flexibility index (Phi) is 4.02. The van der Waals surface area contributed by atoms with Gasteiger partial charge in [-0.1, -0.05) is 23.7 Å². The van der Waals surface area contributed by atoms with Crippen molar-refractivity contribution < 1.29 is 4.79 Å². The SMILES string of the molecule is Cc1cc(=O)c(C(=O)NCc2ccc(Cl)cc2)c[nH]1. The molecule has 0 aliphatic heterocycles. The van der Waals surface area contributed by atoms with Crippen LogP contribution >= 0.6 is 11.6 Å². The van der Waals surface area contributed by atoms with Crippen LogP contribution in [0.5, 0.6) is 0 Å². The molecule has 0 unspecified atom stereocenters. The zero-order valence-electron chi connectivity index (χ0n) is 10.4. The van der Waals surface area contributed by atoms with Gasteiger partial charge in [-0.3, -0.25) is 9.59 Å². The van der Waals surface area contributed by atoms with Crippen LogP contribution in [0.25, 0.3) is 0 Å². The first-order valence-corrected chi connectivity index (χ1v) is 6.16. The molecule has 0 radical (unpaired) electrons. The molecule has 0 spiro atoms. The Balaban J connectivity index is 2.05. The second-order valence-electron chi connectivity index (χ2n) is 4.20. The molecule has 0 bridgehead atoms. The van der Waals surface area contributed by atoms with Gasteiger partial charge in [-0.2, -0.15) is 0 Å². The predicted molar refractivity (Wildman–Crippen MR) is 74.4 cm³/mol. The van der Waals surface area contributed by atoms with Crippen LogP contribution < -0.4 is 10.7 Å². The van der Waals surface area contributed by atoms with E-state index in [2.05, 4.69) is 10.3 Å². The van der Waals surface area contributed by atoms with Crippen LogP contribution in [0.2, 0.25) is 5.02 Å². The molecule has 1 heterocycles. The standard InChI is InChI=1S/C14H13ClN2O2/c1-9-6-13(18)12(8-16-9)14(19)17-7-10-2-4-11(15)5-3-10/h2-6,8H,7H2,1H3,(H,16,18)(H,17,19). The Morgan fingerprint density at radius 3 is 2.63 bits per heavy atom. The topological polar surface area (TPSA) is 62.0 Å². The molecule has 19 heavy (non-hydrogen) atoms. The van der Waals surface area contributed by atoms with Crippen molar-refractivity contribution in [3.63, 3.8) is 0 Å². The van der Waals surface area contributed by atoms with Gasteiger partial charge in [0.15, 0.2) is 5.43 Å². The lowest BCUT2D eigenvalue weighted by atomic mass is 10.2. The van der Waals surface area contributed by atoms with Crippen LogP contribution in [0.4, 0.5) is 0 Å². The number of nitrogens with one attached hydrogen (secondary N) is 2. The summed E-state index contributed by atoms with van der Waals surface area (Å²) in [4.78, 5) is 26.3. The number of H-pyrrole nitrogens is 1. The molecule has 1 aromatic carbocycles. The van der Waals surface area contributed by atoms with Crippen LogP contribution in [-0.2, 0) is 6.54 Å². The minimum atomic E-state index is -0.392. The summed E-state index contributed by atoms with van der Waals surface area (Å²) >= 11 is 5.77. The maximum atomic E-state index is 11.9. The molecule has 0 saturated carbocycles. The molecule has 0 fully saturated rings. The van der Waals surface area contributed by atoms with Gasteiger partial charge in [0.2, 0.25) is 0 Å². The lowest BCUT2D eigenvalue weighted by Crippen LogP contribution is -2.28. The fourth-order valence-electron chi connectivity index (χ4n) is 1.63. The number of pyridine rings is 1. The van der Waals surface area contributed by atoms with E-state index in [1.807, 2.05) is 12.1 Å². The van der Waals surface area contributed by atoms with E-state index < -0.39 is 5.91 Å². The van der Waals surface area contributed by atoms with E-state index in [-0.39, 0.29) is 11.0 Å². The molecule has 2 rings (SSSR count). The van der Waals surface area contributed by atoms with Crippen molar-refractivity contribution in [2.24, 2.45) is 0 Å². The van der Waals surface area contributed by atoms with Crippen LogP contribution in [0.3, 0.4) is 0 Å². The molecule has 1 amide bonds. The molecule has 2 N–H and O–H groups in total. The summed E-state index contributed by atoms with van der Waals surface area (Å²) in [7, 11) is 0. The number of benzene rings is 1. The van der Waals surface area contributed by atoms with Gasteiger partial charge < -0.3 is 10.3 Å². The number of hydrogen-bond acceptors (Lipinski definition) is 2. The fourth-order valence-corrected chi connectivity index (χ4v) is 1.76. The third-order valence-electron chi connectivity index (χ3n) is 2.67. The molecule has 0 aliphatic carbocycles. The average Bonchev–Trinajstić information content (AvgIpc) is 2.37. The van der Waals surface area contributed by atoms with Crippen molar-refractivity contribution in [1.29, 1.82) is 0 Å². The highest BCUT2D eigenvalue weighted by atomic mass is 35.5. The van der Waals surface area contributed by atoms with Crippen molar-refractivity contribution in [2.75, 3.05) is 0 Å². The van der Waals surface area contributed by atoms with E-state index in [0.29, 0.717) is 11.6 Å². The van der Waals surface area contributed by atoms with Gasteiger partial charge in [-0.05, 0) is 24.6 Å². The van der Waals surface area contributed by atoms with Crippen molar-refractivity contribution in [3.8, 4) is 0 Å². The number of aromatic nitrogens is 1. The van der Waals surface area contributed by atoms with Gasteiger partial charge in [-0.25, -0.2) is 0 Å². The van der Waals surface area contributed by atoms with Gasteiger partial charge >= 0.3 is 0 Å². The second-order valence-corrected chi connectivity index (χ2v) is 4.64. The van der Waals surface area contributed by atoms with Crippen molar-refractivity contribution >= 4 is 17.5 Å². The van der Waals surface area contributed by atoms with E-state index in [1.54, 1.807) is 19.1 Å². The number of amides is 1. The third-order valence-corrected chi connectivity index (χ3v) is 2.92. The number of aromatic amines is 1. The quantitative estimate of drug-likeness (QED) is 0.903. The minimum absolute atomic E-state index is 0.111. The normalized spacial score (nSPS) is 10.2. The average molecular weight is 277 g/mol. The minimum Gasteiger partial charge on any atom is -0.364 e. The molecule has 4 nitrogen and oxygen atoms in total. The summed E-state index contributed by atoms with van der Waals surface area (Å²) < 4.78 is 0. The first-order valence-electron chi connectivity index (χ1n) is 5.78. The smallest absolute Gasteiger partial charge is 0.257 e. The van der Waals surface area contributed by atoms with E-state index in [1.165, 1.54) is 12.3 Å². The lowest BCUT2D eigenvalue weighted by Gasteiger charge is -2.05. The number of rotatable bonds is 3. The van der Waals surface area contributed by atoms with Crippen LogP contribution in [0.15, 0.2) is 41.3 Å². The molecule has 0 atom stereocenters. The Morgan fingerprint density at radius 1 is 1.32 bits per heavy atom. The summed E-state index contributed by atoms with van der Waals surface area (Å²) in [6, 6.07) is 8.55. The Hall–Kier alpha value is -2.07. The molecule has 5 heteroatoms. The Labute approximate surface area is 115 Å². The van der Waals surface area contributed by atoms with E-state index in [4.69, 9.17) is 11.6 Å². The summed E-state index contributed by atoms with van der Waals surface area (Å²) in [6.07, 6.45) is 1.43. The van der Waals surface area contributed by atoms with Crippen molar-refractivity contribution in [3.05, 3.63) is 68.6 Å². The van der Waals surface area contributed by atoms with Gasteiger partial charge in [-0.15, -0.1) is 0 Å². The van der Waals surface area contributed by atoms with Gasteiger partial charge in [0.25, 0.3) is 5.91 Å². The van der Waals surface area contributed by atoms with E-state index >= 15 is 0 Å². The first kappa shape index (κ1) is 13.4. The van der Waals surface area contributed by atoms with Gasteiger partial charge in [0.1, 0.15) is 5.56 Å². The molecule has 1 aromatic heterocycles. The molecule has 98 valence electrons. The van der Waals surface area contributed by atoms with Crippen LogP contribution in [0.1, 0.15) is 21.6 Å². The maximum Gasteiger partial charge on any atom is 0.257 e. The van der Waals surface area contributed by atoms with Gasteiger partial charge in [0.05, 0.1) is 0 Å². The zero-order chi connectivity index (χ0) is 13.8. The van der Waals surface area contributed by atoms with E-state index in [0.717, 1.165) is 11.3 Å². The summed E-state index contributed by atoms with van der Waals surface area (Å²) in [5.41, 5.74) is 1.46. The molecular formula is C14H13ClN2O2. The zero-order valence-corrected chi connectivity index (χ0v) is 11.1. The van der Waals surface area contributed by atoms with E-state index in [9.17, 15) is 9.59 Å².